The molecule has 0 spiro atoms. The van der Waals surface area contributed by atoms with Crippen LogP contribution in [0.1, 0.15) is 6.42 Å². The molecule has 21 heavy (non-hydrogen) atoms. The number of benzene rings is 1. The highest BCUT2D eigenvalue weighted by molar-refractivity contribution is 8.00. The van der Waals surface area contributed by atoms with Crippen LogP contribution in [0.3, 0.4) is 0 Å². The van der Waals surface area contributed by atoms with Crippen molar-refractivity contribution in [2.75, 3.05) is 26.2 Å². The average molecular weight is 333 g/mol. The van der Waals surface area contributed by atoms with E-state index in [1.807, 2.05) is 0 Å². The fourth-order valence-electron chi connectivity index (χ4n) is 1.82. The number of hydrogen-bond donors (Lipinski definition) is 1. The second kappa shape index (κ2) is 7.77. The lowest BCUT2D eigenvalue weighted by molar-refractivity contribution is -0.145. The van der Waals surface area contributed by atoms with Gasteiger partial charge in [-0.2, -0.15) is 0 Å². The lowest BCUT2D eigenvalue weighted by Gasteiger charge is -2.17. The van der Waals surface area contributed by atoms with E-state index in [0.717, 1.165) is 4.90 Å². The van der Waals surface area contributed by atoms with Gasteiger partial charge >= 0.3 is 5.97 Å². The molecule has 0 unspecified atom stereocenters. The summed E-state index contributed by atoms with van der Waals surface area (Å²) in [5.41, 5.74) is 0. The fraction of sp³-hybridized carbons (Fsp3) is 0.500. The summed E-state index contributed by atoms with van der Waals surface area (Å²) in [6.07, 6.45) is -0.345. The highest BCUT2D eigenvalue weighted by Gasteiger charge is 2.33. The fourth-order valence-corrected chi connectivity index (χ4v) is 2.98. The zero-order valence-electron chi connectivity index (χ0n) is 11.6. The molecule has 5 nitrogen and oxygen atoms in total. The third-order valence-corrected chi connectivity index (χ3v) is 4.54. The van der Waals surface area contributed by atoms with Crippen molar-refractivity contribution in [1.29, 1.82) is 0 Å². The second-order valence-electron chi connectivity index (χ2n) is 4.44. The molecule has 2 atom stereocenters. The number of halogens is 1. The van der Waals surface area contributed by atoms with Crippen molar-refractivity contribution in [2.45, 2.75) is 22.7 Å². The van der Waals surface area contributed by atoms with Gasteiger partial charge in [0, 0.05) is 11.9 Å². The molecule has 0 saturated carbocycles. The number of methoxy groups -OCH3 is 1. The van der Waals surface area contributed by atoms with Crippen molar-refractivity contribution in [3.63, 3.8) is 0 Å². The van der Waals surface area contributed by atoms with Crippen molar-refractivity contribution in [3.05, 3.63) is 18.2 Å². The molecule has 0 fully saturated rings. The average Bonchev–Trinajstić information content (AvgIpc) is 2.66. The summed E-state index contributed by atoms with van der Waals surface area (Å²) in [6, 6.07) is 5.31. The highest BCUT2D eigenvalue weighted by atomic mass is 35.5. The number of aliphatic hydroxyl groups is 1. The zero-order chi connectivity index (χ0) is 15.2. The molecule has 1 aliphatic rings. The third kappa shape index (κ3) is 4.18. The SMILES string of the molecule is COc1ccc2c(c1)OC[C@H](O)[C@@H](C(=O)OCCCCl)S2. The molecule has 1 heterocycles. The summed E-state index contributed by atoms with van der Waals surface area (Å²) >= 11 is 6.78. The molecule has 7 heteroatoms. The van der Waals surface area contributed by atoms with Crippen LogP contribution in [0.2, 0.25) is 0 Å². The molecular weight excluding hydrogens is 316 g/mol. The smallest absolute Gasteiger partial charge is 0.322 e. The molecule has 0 aliphatic carbocycles. The van der Waals surface area contributed by atoms with Crippen molar-refractivity contribution < 1.29 is 24.1 Å². The number of aliphatic hydroxyl groups excluding tert-OH is 1. The normalized spacial score (nSPS) is 20.9. The Morgan fingerprint density at radius 3 is 3.10 bits per heavy atom. The first-order valence-electron chi connectivity index (χ1n) is 6.54. The van der Waals surface area contributed by atoms with E-state index in [2.05, 4.69) is 0 Å². The second-order valence-corrected chi connectivity index (χ2v) is 6.00. The summed E-state index contributed by atoms with van der Waals surface area (Å²) < 4.78 is 15.8. The van der Waals surface area contributed by atoms with Gasteiger partial charge in [0.2, 0.25) is 0 Å². The standard InChI is InChI=1S/C14H17ClO5S/c1-18-9-3-4-12-11(7-9)20-8-10(16)13(21-12)14(17)19-6-2-5-15/h3-4,7,10,13,16H,2,5-6,8H2,1H3/t10-,13-/m0/s1. The topological polar surface area (TPSA) is 65.0 Å². The Kier molecular flexibility index (Phi) is 6.02. The van der Waals surface area contributed by atoms with Gasteiger partial charge in [0.25, 0.3) is 0 Å². The van der Waals surface area contributed by atoms with Crippen molar-refractivity contribution in [1.82, 2.24) is 0 Å². The maximum absolute atomic E-state index is 12.0. The van der Waals surface area contributed by atoms with Crippen molar-refractivity contribution in [2.24, 2.45) is 0 Å². The summed E-state index contributed by atoms with van der Waals surface area (Å²) in [7, 11) is 1.57. The van der Waals surface area contributed by atoms with E-state index >= 15 is 0 Å². The molecule has 1 aromatic rings. The van der Waals surface area contributed by atoms with Gasteiger partial charge < -0.3 is 19.3 Å². The van der Waals surface area contributed by atoms with Crippen LogP contribution < -0.4 is 9.47 Å². The van der Waals surface area contributed by atoms with Crippen molar-refractivity contribution >= 4 is 29.3 Å². The Bertz CT molecular complexity index is 496. The van der Waals surface area contributed by atoms with Crippen LogP contribution in [0.4, 0.5) is 0 Å². The number of rotatable bonds is 5. The lowest BCUT2D eigenvalue weighted by Crippen LogP contribution is -2.35. The van der Waals surface area contributed by atoms with Gasteiger partial charge in [-0.25, -0.2) is 0 Å². The van der Waals surface area contributed by atoms with Gasteiger partial charge in [-0.1, -0.05) is 0 Å². The summed E-state index contributed by atoms with van der Waals surface area (Å²) in [4.78, 5) is 12.8. The molecule has 0 aromatic heterocycles. The van der Waals surface area contributed by atoms with Crippen molar-refractivity contribution in [3.8, 4) is 11.5 Å². The van der Waals surface area contributed by atoms with E-state index in [0.29, 0.717) is 23.8 Å². The molecule has 0 amide bonds. The lowest BCUT2D eigenvalue weighted by atomic mass is 10.2. The van der Waals surface area contributed by atoms with Crippen LogP contribution in [-0.4, -0.2) is 48.6 Å². The number of carbonyl (C=O) groups excluding carboxylic acids is 1. The number of ether oxygens (including phenoxy) is 3. The predicted octanol–water partition coefficient (Wildman–Crippen LogP) is 2.08. The summed E-state index contributed by atoms with van der Waals surface area (Å²) in [6.45, 7) is 0.283. The van der Waals surface area contributed by atoms with Gasteiger partial charge in [-0.15, -0.1) is 23.4 Å². The van der Waals surface area contributed by atoms with E-state index < -0.39 is 17.3 Å². The van der Waals surface area contributed by atoms with Gasteiger partial charge in [-0.05, 0) is 18.6 Å². The largest absolute Gasteiger partial charge is 0.497 e. The Morgan fingerprint density at radius 1 is 1.57 bits per heavy atom. The molecule has 1 aromatic carbocycles. The molecule has 1 N–H and O–H groups in total. The number of esters is 1. The Morgan fingerprint density at radius 2 is 2.38 bits per heavy atom. The van der Waals surface area contributed by atoms with E-state index in [9.17, 15) is 9.90 Å². The molecule has 1 aliphatic heterocycles. The summed E-state index contributed by atoms with van der Waals surface area (Å²) in [5, 5.41) is 9.36. The first kappa shape index (κ1) is 16.3. The van der Waals surface area contributed by atoms with E-state index in [1.165, 1.54) is 11.8 Å². The molecule has 116 valence electrons. The molecule has 0 radical (unpaired) electrons. The molecule has 0 bridgehead atoms. The molecule has 0 saturated heterocycles. The van der Waals surface area contributed by atoms with Gasteiger partial charge in [0.1, 0.15) is 29.5 Å². The zero-order valence-corrected chi connectivity index (χ0v) is 13.2. The van der Waals surface area contributed by atoms with Crippen LogP contribution in [0.5, 0.6) is 11.5 Å². The minimum absolute atomic E-state index is 0.0302. The number of alkyl halides is 1. The van der Waals surface area contributed by atoms with E-state index in [-0.39, 0.29) is 13.2 Å². The quantitative estimate of drug-likeness (QED) is 0.506. The van der Waals surface area contributed by atoms with Crippen LogP contribution in [0, 0.1) is 0 Å². The highest BCUT2D eigenvalue weighted by Crippen LogP contribution is 2.39. The van der Waals surface area contributed by atoms with Crippen LogP contribution >= 0.6 is 23.4 Å². The predicted molar refractivity (Wildman–Crippen MR) is 80.4 cm³/mol. The van der Waals surface area contributed by atoms with Gasteiger partial charge in [-0.3, -0.25) is 4.79 Å². The Labute approximate surface area is 132 Å². The third-order valence-electron chi connectivity index (χ3n) is 2.92. The van der Waals surface area contributed by atoms with Crippen LogP contribution in [0.25, 0.3) is 0 Å². The number of fused-ring (bicyclic) bond motifs is 1. The van der Waals surface area contributed by atoms with Gasteiger partial charge in [0.15, 0.2) is 0 Å². The van der Waals surface area contributed by atoms with Gasteiger partial charge in [0.05, 0.1) is 18.6 Å². The molecular formula is C14H17ClO5S. The van der Waals surface area contributed by atoms with E-state index in [4.69, 9.17) is 25.8 Å². The number of hydrogen-bond acceptors (Lipinski definition) is 6. The monoisotopic (exact) mass is 332 g/mol. The van der Waals surface area contributed by atoms with Crippen LogP contribution in [-0.2, 0) is 9.53 Å². The maximum Gasteiger partial charge on any atom is 0.322 e. The minimum Gasteiger partial charge on any atom is -0.497 e. The molecule has 2 rings (SSSR count). The Balaban J connectivity index is 2.10. The van der Waals surface area contributed by atoms with E-state index in [1.54, 1.807) is 25.3 Å². The first-order valence-corrected chi connectivity index (χ1v) is 7.95. The Hall–Kier alpha value is -1.11. The summed E-state index contributed by atoms with van der Waals surface area (Å²) in [5.74, 6) is 1.23. The number of carbonyl (C=O) groups is 1. The first-order chi connectivity index (χ1) is 10.2. The number of thioether (sulfide) groups is 1. The minimum atomic E-state index is -0.933. The maximum atomic E-state index is 12.0. The van der Waals surface area contributed by atoms with Crippen LogP contribution in [0.15, 0.2) is 23.1 Å².